The molecule has 0 radical (unpaired) electrons. The van der Waals surface area contributed by atoms with Crippen molar-refractivity contribution in [3.63, 3.8) is 0 Å². The Morgan fingerprint density at radius 3 is 2.29 bits per heavy atom. The lowest BCUT2D eigenvalue weighted by atomic mass is 10.1. The summed E-state index contributed by atoms with van der Waals surface area (Å²) in [5.74, 6) is -1.37. The highest BCUT2D eigenvalue weighted by Gasteiger charge is 2.30. The van der Waals surface area contributed by atoms with Crippen molar-refractivity contribution in [3.8, 4) is 0 Å². The summed E-state index contributed by atoms with van der Waals surface area (Å²) in [5, 5.41) is 0. The van der Waals surface area contributed by atoms with Gasteiger partial charge < -0.3 is 15.5 Å². The SMILES string of the molecule is CC(=O)N1CCN(C(=O)c2ccncc2)C[C@@H](C(N)=O)C1. The van der Waals surface area contributed by atoms with Crippen LogP contribution in [0.3, 0.4) is 0 Å². The molecule has 7 heteroatoms. The van der Waals surface area contributed by atoms with Crippen molar-refractivity contribution in [2.45, 2.75) is 6.92 Å². The van der Waals surface area contributed by atoms with E-state index in [2.05, 4.69) is 4.98 Å². The fourth-order valence-corrected chi connectivity index (χ4v) is 2.34. The number of nitrogens with two attached hydrogens (primary N) is 1. The summed E-state index contributed by atoms with van der Waals surface area (Å²) in [5.41, 5.74) is 5.88. The third-order valence-corrected chi connectivity index (χ3v) is 3.58. The van der Waals surface area contributed by atoms with E-state index in [0.29, 0.717) is 18.7 Å². The second-order valence-corrected chi connectivity index (χ2v) is 5.05. The monoisotopic (exact) mass is 290 g/mol. The lowest BCUT2D eigenvalue weighted by Crippen LogP contribution is -2.40. The largest absolute Gasteiger partial charge is 0.369 e. The Bertz CT molecular complexity index is 546. The Hall–Kier alpha value is -2.44. The number of primary amides is 1. The number of aromatic nitrogens is 1. The average Bonchev–Trinajstić information content (AvgIpc) is 2.70. The van der Waals surface area contributed by atoms with Gasteiger partial charge in [0.15, 0.2) is 0 Å². The van der Waals surface area contributed by atoms with E-state index in [0.717, 1.165) is 0 Å². The molecule has 112 valence electrons. The Kier molecular flexibility index (Phi) is 4.52. The molecular formula is C14H18N4O3. The smallest absolute Gasteiger partial charge is 0.254 e. The van der Waals surface area contributed by atoms with Gasteiger partial charge in [0.2, 0.25) is 11.8 Å². The Labute approximate surface area is 122 Å². The zero-order chi connectivity index (χ0) is 15.4. The number of carbonyl (C=O) groups is 3. The molecule has 0 spiro atoms. The van der Waals surface area contributed by atoms with Gasteiger partial charge in [0, 0.05) is 51.1 Å². The zero-order valence-electron chi connectivity index (χ0n) is 11.9. The second kappa shape index (κ2) is 6.34. The molecule has 21 heavy (non-hydrogen) atoms. The van der Waals surface area contributed by atoms with Gasteiger partial charge in [-0.05, 0) is 12.1 Å². The molecule has 1 aliphatic rings. The molecular weight excluding hydrogens is 272 g/mol. The molecule has 2 N–H and O–H groups in total. The van der Waals surface area contributed by atoms with Gasteiger partial charge in [0.05, 0.1) is 5.92 Å². The minimum Gasteiger partial charge on any atom is -0.369 e. The van der Waals surface area contributed by atoms with Crippen molar-refractivity contribution in [2.24, 2.45) is 11.7 Å². The van der Waals surface area contributed by atoms with Crippen LogP contribution in [-0.4, -0.2) is 58.7 Å². The summed E-state index contributed by atoms with van der Waals surface area (Å²) in [4.78, 5) is 42.5. The first-order valence-corrected chi connectivity index (χ1v) is 6.73. The maximum Gasteiger partial charge on any atom is 0.254 e. The molecule has 0 saturated carbocycles. The minimum absolute atomic E-state index is 0.125. The number of pyridine rings is 1. The highest BCUT2D eigenvalue weighted by atomic mass is 16.2. The molecule has 0 aliphatic carbocycles. The van der Waals surface area contributed by atoms with Crippen LogP contribution in [-0.2, 0) is 9.59 Å². The van der Waals surface area contributed by atoms with Gasteiger partial charge in [0.25, 0.3) is 5.91 Å². The number of hydrogen-bond acceptors (Lipinski definition) is 4. The molecule has 1 saturated heterocycles. The molecule has 2 heterocycles. The molecule has 1 aliphatic heterocycles. The zero-order valence-corrected chi connectivity index (χ0v) is 11.9. The Morgan fingerprint density at radius 2 is 1.71 bits per heavy atom. The Morgan fingerprint density at radius 1 is 1.14 bits per heavy atom. The van der Waals surface area contributed by atoms with Gasteiger partial charge >= 0.3 is 0 Å². The number of nitrogens with zero attached hydrogens (tertiary/aromatic N) is 3. The van der Waals surface area contributed by atoms with Crippen molar-refractivity contribution >= 4 is 17.7 Å². The van der Waals surface area contributed by atoms with E-state index in [1.807, 2.05) is 0 Å². The maximum atomic E-state index is 12.4. The predicted molar refractivity (Wildman–Crippen MR) is 75.1 cm³/mol. The van der Waals surface area contributed by atoms with Crippen LogP contribution in [0.1, 0.15) is 17.3 Å². The second-order valence-electron chi connectivity index (χ2n) is 5.05. The summed E-state index contributed by atoms with van der Waals surface area (Å²) in [6.45, 7) is 2.70. The first-order valence-electron chi connectivity index (χ1n) is 6.73. The van der Waals surface area contributed by atoms with E-state index in [1.165, 1.54) is 6.92 Å². The van der Waals surface area contributed by atoms with Crippen molar-refractivity contribution in [1.82, 2.24) is 14.8 Å². The van der Waals surface area contributed by atoms with Crippen LogP contribution < -0.4 is 5.73 Å². The van der Waals surface area contributed by atoms with E-state index < -0.39 is 11.8 Å². The van der Waals surface area contributed by atoms with Gasteiger partial charge in [-0.25, -0.2) is 0 Å². The molecule has 0 aromatic carbocycles. The van der Waals surface area contributed by atoms with Crippen LogP contribution in [0, 0.1) is 5.92 Å². The normalized spacial score (nSPS) is 19.0. The van der Waals surface area contributed by atoms with Crippen LogP contribution in [0.4, 0.5) is 0 Å². The number of hydrogen-bond donors (Lipinski definition) is 1. The molecule has 7 nitrogen and oxygen atoms in total. The number of rotatable bonds is 2. The van der Waals surface area contributed by atoms with E-state index in [-0.39, 0.29) is 24.9 Å². The van der Waals surface area contributed by atoms with Gasteiger partial charge in [0.1, 0.15) is 0 Å². The van der Waals surface area contributed by atoms with E-state index in [4.69, 9.17) is 5.73 Å². The van der Waals surface area contributed by atoms with Crippen molar-refractivity contribution < 1.29 is 14.4 Å². The number of carbonyl (C=O) groups excluding carboxylic acids is 3. The van der Waals surface area contributed by atoms with Crippen LogP contribution in [0.25, 0.3) is 0 Å². The van der Waals surface area contributed by atoms with Crippen molar-refractivity contribution in [2.75, 3.05) is 26.2 Å². The van der Waals surface area contributed by atoms with Gasteiger partial charge in [-0.3, -0.25) is 19.4 Å². The highest BCUT2D eigenvalue weighted by molar-refractivity contribution is 5.94. The fourth-order valence-electron chi connectivity index (χ4n) is 2.34. The standard InChI is InChI=1S/C14H18N4O3/c1-10(19)17-6-7-18(9-12(8-17)13(15)20)14(21)11-2-4-16-5-3-11/h2-5,12H,6-9H2,1H3,(H2,15,20)/t12-/m0/s1. The summed E-state index contributed by atoms with van der Waals surface area (Å²) in [6.07, 6.45) is 3.08. The highest BCUT2D eigenvalue weighted by Crippen LogP contribution is 2.13. The molecule has 1 fully saturated rings. The summed E-state index contributed by atoms with van der Waals surface area (Å²) in [7, 11) is 0. The molecule has 0 bridgehead atoms. The van der Waals surface area contributed by atoms with Crippen LogP contribution in [0.15, 0.2) is 24.5 Å². The lowest BCUT2D eigenvalue weighted by molar-refractivity contribution is -0.130. The van der Waals surface area contributed by atoms with Gasteiger partial charge in [-0.15, -0.1) is 0 Å². The molecule has 2 rings (SSSR count). The number of amides is 3. The third-order valence-electron chi connectivity index (χ3n) is 3.58. The fraction of sp³-hybridized carbons (Fsp3) is 0.429. The first kappa shape index (κ1) is 15.0. The van der Waals surface area contributed by atoms with E-state index in [1.54, 1.807) is 34.3 Å². The molecule has 0 unspecified atom stereocenters. The van der Waals surface area contributed by atoms with Crippen LogP contribution in [0.5, 0.6) is 0 Å². The van der Waals surface area contributed by atoms with Gasteiger partial charge in [-0.2, -0.15) is 0 Å². The van der Waals surface area contributed by atoms with E-state index in [9.17, 15) is 14.4 Å². The average molecular weight is 290 g/mol. The summed E-state index contributed by atoms with van der Waals surface area (Å²) in [6, 6.07) is 3.24. The predicted octanol–water partition coefficient (Wildman–Crippen LogP) is -0.513. The molecule has 1 aromatic rings. The molecule has 1 atom stereocenters. The van der Waals surface area contributed by atoms with Crippen LogP contribution >= 0.6 is 0 Å². The van der Waals surface area contributed by atoms with Gasteiger partial charge in [-0.1, -0.05) is 0 Å². The van der Waals surface area contributed by atoms with Crippen molar-refractivity contribution in [3.05, 3.63) is 30.1 Å². The lowest BCUT2D eigenvalue weighted by Gasteiger charge is -2.22. The topological polar surface area (TPSA) is 96.6 Å². The third kappa shape index (κ3) is 3.56. The summed E-state index contributed by atoms with van der Waals surface area (Å²) >= 11 is 0. The van der Waals surface area contributed by atoms with E-state index >= 15 is 0 Å². The maximum absolute atomic E-state index is 12.4. The van der Waals surface area contributed by atoms with Crippen LogP contribution in [0.2, 0.25) is 0 Å². The summed E-state index contributed by atoms with van der Waals surface area (Å²) < 4.78 is 0. The minimum atomic E-state index is -0.554. The molecule has 1 aromatic heterocycles. The quantitative estimate of drug-likeness (QED) is 0.793. The molecule has 3 amide bonds. The first-order chi connectivity index (χ1) is 9.99. The Balaban J connectivity index is 2.18. The van der Waals surface area contributed by atoms with Crippen molar-refractivity contribution in [1.29, 1.82) is 0 Å².